The smallest absolute Gasteiger partial charge is 0.132 e. The van der Waals surface area contributed by atoms with Crippen molar-refractivity contribution in [1.29, 1.82) is 0 Å². The first-order valence-electron chi connectivity index (χ1n) is 10.6. The van der Waals surface area contributed by atoms with Crippen molar-refractivity contribution in [3.63, 3.8) is 0 Å². The van der Waals surface area contributed by atoms with E-state index in [4.69, 9.17) is 9.47 Å². The summed E-state index contributed by atoms with van der Waals surface area (Å²) in [4.78, 5) is 24.8. The molecule has 0 heterocycles. The van der Waals surface area contributed by atoms with E-state index in [0.717, 1.165) is 18.0 Å². The Morgan fingerprint density at radius 3 is 1.32 bits per heavy atom. The van der Waals surface area contributed by atoms with E-state index in [2.05, 4.69) is 0 Å². The zero-order chi connectivity index (χ0) is 24.2. The number of hydrogen-bond acceptors (Lipinski definition) is 4. The van der Waals surface area contributed by atoms with Crippen LogP contribution in [0.25, 0.3) is 10.8 Å². The first-order chi connectivity index (χ1) is 16.5. The lowest BCUT2D eigenvalue weighted by atomic mass is 9.81. The third-order valence-electron chi connectivity index (χ3n) is 5.98. The van der Waals surface area contributed by atoms with E-state index in [9.17, 15) is 18.4 Å². The molecule has 4 rings (SSSR count). The average molecular weight is 460 g/mol. The van der Waals surface area contributed by atoms with E-state index >= 15 is 0 Å². The molecule has 6 heteroatoms. The van der Waals surface area contributed by atoms with Gasteiger partial charge in [-0.15, -0.1) is 0 Å². The third-order valence-corrected chi connectivity index (χ3v) is 5.98. The lowest BCUT2D eigenvalue weighted by molar-refractivity contribution is -0.109. The highest BCUT2D eigenvalue weighted by atomic mass is 19.1. The molecule has 2 atom stereocenters. The fourth-order valence-corrected chi connectivity index (χ4v) is 4.38. The monoisotopic (exact) mass is 460 g/mol. The molecule has 172 valence electrons. The van der Waals surface area contributed by atoms with Gasteiger partial charge in [-0.25, -0.2) is 8.78 Å². The first kappa shape index (κ1) is 23.1. The maximum absolute atomic E-state index is 13.6. The molecule has 0 aliphatic carbocycles. The molecule has 4 aromatic rings. The second kappa shape index (κ2) is 9.83. The van der Waals surface area contributed by atoms with Crippen LogP contribution < -0.4 is 9.47 Å². The van der Waals surface area contributed by atoms with Crippen molar-refractivity contribution in [2.45, 2.75) is 11.8 Å². The van der Waals surface area contributed by atoms with Gasteiger partial charge >= 0.3 is 0 Å². The molecule has 0 spiro atoms. The summed E-state index contributed by atoms with van der Waals surface area (Å²) in [5, 5.41) is 1.37. The number of rotatable bonds is 8. The number of carbonyl (C=O) groups is 2. The highest BCUT2D eigenvalue weighted by molar-refractivity contribution is 5.98. The van der Waals surface area contributed by atoms with E-state index in [1.807, 2.05) is 12.1 Å². The lowest BCUT2D eigenvalue weighted by Crippen LogP contribution is -2.11. The molecule has 4 aromatic carbocycles. The van der Waals surface area contributed by atoms with Crippen LogP contribution >= 0.6 is 0 Å². The molecule has 0 amide bonds. The summed E-state index contributed by atoms with van der Waals surface area (Å²) < 4.78 is 38.4. The minimum atomic E-state index is -0.800. The number of hydrogen-bond donors (Lipinski definition) is 0. The van der Waals surface area contributed by atoms with Crippen LogP contribution in [0.4, 0.5) is 8.78 Å². The molecule has 0 radical (unpaired) electrons. The van der Waals surface area contributed by atoms with Crippen LogP contribution in [0.5, 0.6) is 11.5 Å². The molecule has 0 bridgehead atoms. The molecule has 0 aliphatic rings. The molecule has 0 aliphatic heterocycles. The van der Waals surface area contributed by atoms with Gasteiger partial charge in [-0.05, 0) is 58.3 Å². The van der Waals surface area contributed by atoms with Gasteiger partial charge in [0.2, 0.25) is 0 Å². The van der Waals surface area contributed by atoms with Crippen LogP contribution in [0.3, 0.4) is 0 Å². The Morgan fingerprint density at radius 2 is 1.00 bits per heavy atom. The molecule has 34 heavy (non-hydrogen) atoms. The molecular weight excluding hydrogens is 438 g/mol. The van der Waals surface area contributed by atoms with Gasteiger partial charge in [-0.3, -0.25) is 0 Å². The van der Waals surface area contributed by atoms with Gasteiger partial charge in [-0.1, -0.05) is 36.4 Å². The number of methoxy groups -OCH3 is 2. The molecule has 0 saturated carbocycles. The van der Waals surface area contributed by atoms with E-state index in [-0.39, 0.29) is 0 Å². The van der Waals surface area contributed by atoms with Gasteiger partial charge < -0.3 is 19.1 Å². The maximum atomic E-state index is 13.6. The predicted octanol–water partition coefficient (Wildman–Crippen LogP) is 5.80. The van der Waals surface area contributed by atoms with Gasteiger partial charge in [0.1, 0.15) is 35.7 Å². The van der Waals surface area contributed by atoms with E-state index in [0.29, 0.717) is 39.1 Å². The Bertz CT molecular complexity index is 1230. The summed E-state index contributed by atoms with van der Waals surface area (Å²) in [6, 6.07) is 18.5. The summed E-state index contributed by atoms with van der Waals surface area (Å²) >= 11 is 0. The number of carbonyl (C=O) groups excluding carboxylic acids is 2. The Balaban J connectivity index is 2.09. The second-order valence-electron chi connectivity index (χ2n) is 7.79. The van der Waals surface area contributed by atoms with Crippen molar-refractivity contribution in [2.75, 3.05) is 14.2 Å². The quantitative estimate of drug-likeness (QED) is 0.312. The first-order valence-corrected chi connectivity index (χ1v) is 10.6. The summed E-state index contributed by atoms with van der Waals surface area (Å²) in [5.74, 6) is -1.56. The normalized spacial score (nSPS) is 12.7. The Morgan fingerprint density at radius 1 is 0.618 bits per heavy atom. The molecular formula is C28H22F2O4. The Hall–Kier alpha value is -4.06. The Labute approximate surface area is 195 Å². The fourth-order valence-electron chi connectivity index (χ4n) is 4.38. The van der Waals surface area contributed by atoms with E-state index in [1.165, 1.54) is 38.5 Å². The SMILES string of the molecule is COc1ccc2ccc(OC)c(C(C=O)c3ccc(F)cc3)c2c1C(C=O)c1ccc(F)cc1. The van der Waals surface area contributed by atoms with Gasteiger partial charge in [0.15, 0.2) is 0 Å². The van der Waals surface area contributed by atoms with Gasteiger partial charge in [0.05, 0.1) is 26.1 Å². The van der Waals surface area contributed by atoms with E-state index in [1.54, 1.807) is 36.4 Å². The molecule has 0 N–H and O–H groups in total. The van der Waals surface area contributed by atoms with Crippen molar-refractivity contribution in [2.24, 2.45) is 0 Å². The van der Waals surface area contributed by atoms with E-state index < -0.39 is 23.5 Å². The summed E-state index contributed by atoms with van der Waals surface area (Å²) in [7, 11) is 2.99. The highest BCUT2D eigenvalue weighted by Gasteiger charge is 2.28. The number of fused-ring (bicyclic) bond motifs is 1. The summed E-state index contributed by atoms with van der Waals surface area (Å²) in [6.07, 6.45) is 1.53. The minimum absolute atomic E-state index is 0.419. The molecule has 0 aromatic heterocycles. The van der Waals surface area contributed by atoms with Crippen LogP contribution in [0, 0.1) is 11.6 Å². The topological polar surface area (TPSA) is 52.6 Å². The number of halogens is 2. The molecule has 0 fully saturated rings. The van der Waals surface area contributed by atoms with Crippen LogP contribution in [0.1, 0.15) is 34.1 Å². The van der Waals surface area contributed by atoms with Crippen molar-refractivity contribution in [3.8, 4) is 11.5 Å². The molecule has 4 nitrogen and oxygen atoms in total. The average Bonchev–Trinajstić information content (AvgIpc) is 2.87. The maximum Gasteiger partial charge on any atom is 0.132 e. The summed E-state index contributed by atoms with van der Waals surface area (Å²) in [6.45, 7) is 0. The zero-order valence-electron chi connectivity index (χ0n) is 18.6. The highest BCUT2D eigenvalue weighted by Crippen LogP contribution is 2.44. The van der Waals surface area contributed by atoms with Crippen LogP contribution in [-0.2, 0) is 9.59 Å². The van der Waals surface area contributed by atoms with Gasteiger partial charge in [0.25, 0.3) is 0 Å². The minimum Gasteiger partial charge on any atom is -0.496 e. The second-order valence-corrected chi connectivity index (χ2v) is 7.79. The Kier molecular flexibility index (Phi) is 6.68. The van der Waals surface area contributed by atoms with Crippen molar-refractivity contribution >= 4 is 23.3 Å². The molecule has 0 saturated heterocycles. The number of ether oxygens (including phenoxy) is 2. The van der Waals surface area contributed by atoms with Crippen LogP contribution in [-0.4, -0.2) is 26.8 Å². The van der Waals surface area contributed by atoms with Crippen LogP contribution in [0.15, 0.2) is 72.8 Å². The fraction of sp³-hybridized carbons (Fsp3) is 0.143. The molecule has 2 unspecified atom stereocenters. The standard InChI is InChI=1S/C28H22F2O4/c1-33-24-13-7-19-8-14-25(34-2)28(23(16-32)18-5-11-21(30)12-6-18)26(19)27(24)22(15-31)17-3-9-20(29)10-4-17/h3-16,22-23H,1-2H3. The van der Waals surface area contributed by atoms with Crippen molar-refractivity contribution in [1.82, 2.24) is 0 Å². The number of aldehydes is 2. The number of benzene rings is 4. The lowest BCUT2D eigenvalue weighted by Gasteiger charge is -2.24. The van der Waals surface area contributed by atoms with Gasteiger partial charge in [0, 0.05) is 11.1 Å². The zero-order valence-corrected chi connectivity index (χ0v) is 18.6. The van der Waals surface area contributed by atoms with Crippen molar-refractivity contribution in [3.05, 3.63) is 107 Å². The largest absolute Gasteiger partial charge is 0.496 e. The van der Waals surface area contributed by atoms with Gasteiger partial charge in [-0.2, -0.15) is 0 Å². The van der Waals surface area contributed by atoms with Crippen molar-refractivity contribution < 1.29 is 27.8 Å². The van der Waals surface area contributed by atoms with Crippen LogP contribution in [0.2, 0.25) is 0 Å². The summed E-state index contributed by atoms with van der Waals surface area (Å²) in [5.41, 5.74) is 2.20. The third kappa shape index (κ3) is 4.15. The predicted molar refractivity (Wildman–Crippen MR) is 126 cm³/mol.